The molecule has 11 heteroatoms. The van der Waals surface area contributed by atoms with Crippen molar-refractivity contribution in [3.8, 4) is 17.0 Å². The molecule has 0 unspecified atom stereocenters. The third-order valence-corrected chi connectivity index (χ3v) is 6.41. The summed E-state index contributed by atoms with van der Waals surface area (Å²) in [5, 5.41) is 9.17. The van der Waals surface area contributed by atoms with Crippen LogP contribution in [0, 0.1) is 0 Å². The summed E-state index contributed by atoms with van der Waals surface area (Å²) in [6.45, 7) is 0. The number of fused-ring (bicyclic) bond motifs is 1. The molecule has 2 N–H and O–H groups in total. The fraction of sp³-hybridized carbons (Fsp3) is 0.0909. The minimum absolute atomic E-state index is 0.192. The summed E-state index contributed by atoms with van der Waals surface area (Å²) in [6, 6.07) is 5.46. The highest BCUT2D eigenvalue weighted by Crippen LogP contribution is 2.39. The molecule has 0 bridgehead atoms. The number of nitrogens with zero attached hydrogens (tertiary/aromatic N) is 3. The van der Waals surface area contributed by atoms with Gasteiger partial charge in [0.1, 0.15) is 16.0 Å². The SMILES string of the molecule is COc1cccc(-c2c(Br)nc3sc(S(N)(=O)=O)nn23)c1Br. The third-order valence-electron chi connectivity index (χ3n) is 2.82. The minimum atomic E-state index is -3.87. The van der Waals surface area contributed by atoms with Crippen molar-refractivity contribution in [3.63, 3.8) is 0 Å². The highest BCUT2D eigenvalue weighted by Gasteiger charge is 2.23. The third kappa shape index (κ3) is 2.56. The van der Waals surface area contributed by atoms with Crippen molar-refractivity contribution in [2.24, 2.45) is 5.14 Å². The molecule has 0 spiro atoms. The van der Waals surface area contributed by atoms with Gasteiger partial charge >= 0.3 is 0 Å². The van der Waals surface area contributed by atoms with Gasteiger partial charge in [0, 0.05) is 5.56 Å². The second kappa shape index (κ2) is 5.57. The first kappa shape index (κ1) is 15.9. The Balaban J connectivity index is 2.31. The number of benzene rings is 1. The fourth-order valence-corrected chi connectivity index (χ4v) is 4.70. The number of primary sulfonamides is 1. The fourth-order valence-electron chi connectivity index (χ4n) is 1.90. The monoisotopic (exact) mass is 466 g/mol. The molecule has 1 aromatic carbocycles. The lowest BCUT2D eigenvalue weighted by atomic mass is 10.1. The Kier molecular flexibility index (Phi) is 4.01. The van der Waals surface area contributed by atoms with Gasteiger partial charge in [-0.2, -0.15) is 0 Å². The smallest absolute Gasteiger partial charge is 0.267 e. The van der Waals surface area contributed by atoms with Crippen LogP contribution in [0.4, 0.5) is 0 Å². The van der Waals surface area contributed by atoms with Crippen LogP contribution in [0.3, 0.4) is 0 Å². The van der Waals surface area contributed by atoms with Gasteiger partial charge in [-0.25, -0.2) is 23.1 Å². The molecule has 3 aromatic rings. The quantitative estimate of drug-likeness (QED) is 0.638. The molecule has 2 aromatic heterocycles. The molecule has 0 amide bonds. The maximum absolute atomic E-state index is 11.4. The van der Waals surface area contributed by atoms with Crippen LogP contribution in [-0.2, 0) is 10.0 Å². The summed E-state index contributed by atoms with van der Waals surface area (Å²) in [6.07, 6.45) is 0. The van der Waals surface area contributed by atoms with Gasteiger partial charge in [0.15, 0.2) is 0 Å². The Labute approximate surface area is 146 Å². The highest BCUT2D eigenvalue weighted by molar-refractivity contribution is 9.11. The summed E-state index contributed by atoms with van der Waals surface area (Å²) in [5.74, 6) is 0.640. The van der Waals surface area contributed by atoms with Crippen molar-refractivity contribution in [3.05, 3.63) is 27.3 Å². The zero-order valence-electron chi connectivity index (χ0n) is 10.9. The van der Waals surface area contributed by atoms with Crippen LogP contribution < -0.4 is 9.88 Å². The van der Waals surface area contributed by atoms with E-state index in [1.165, 1.54) is 4.52 Å². The number of hydrogen-bond donors (Lipinski definition) is 1. The first-order valence-electron chi connectivity index (χ1n) is 5.73. The van der Waals surface area contributed by atoms with Gasteiger partial charge in [-0.15, -0.1) is 5.10 Å². The number of imidazole rings is 1. The van der Waals surface area contributed by atoms with Gasteiger partial charge in [0.25, 0.3) is 10.0 Å². The first-order valence-corrected chi connectivity index (χ1v) is 9.68. The predicted octanol–water partition coefficient (Wildman–Crippen LogP) is 2.64. The van der Waals surface area contributed by atoms with E-state index >= 15 is 0 Å². The molecule has 0 radical (unpaired) electrons. The molecule has 0 aliphatic carbocycles. The first-order chi connectivity index (χ1) is 10.3. The van der Waals surface area contributed by atoms with E-state index < -0.39 is 10.0 Å². The average Bonchev–Trinajstić information content (AvgIpc) is 2.96. The number of aromatic nitrogens is 3. The van der Waals surface area contributed by atoms with E-state index in [1.807, 2.05) is 12.1 Å². The number of hydrogen-bond acceptors (Lipinski definition) is 6. The Morgan fingerprint density at radius 2 is 2.09 bits per heavy atom. The number of ether oxygens (including phenoxy) is 1. The summed E-state index contributed by atoms with van der Waals surface area (Å²) >= 11 is 7.75. The van der Waals surface area contributed by atoms with Crippen LogP contribution in [0.2, 0.25) is 0 Å². The Morgan fingerprint density at radius 3 is 2.73 bits per heavy atom. The van der Waals surface area contributed by atoms with Crippen molar-refractivity contribution in [2.45, 2.75) is 4.34 Å². The normalized spacial score (nSPS) is 12.0. The largest absolute Gasteiger partial charge is 0.496 e. The van der Waals surface area contributed by atoms with E-state index in [-0.39, 0.29) is 4.34 Å². The average molecular weight is 468 g/mol. The van der Waals surface area contributed by atoms with Crippen LogP contribution >= 0.6 is 43.2 Å². The Morgan fingerprint density at radius 1 is 1.36 bits per heavy atom. The van der Waals surface area contributed by atoms with Crippen molar-refractivity contribution in [2.75, 3.05) is 7.11 Å². The van der Waals surface area contributed by atoms with Gasteiger partial charge < -0.3 is 4.74 Å². The van der Waals surface area contributed by atoms with Crippen LogP contribution in [0.15, 0.2) is 31.6 Å². The molecule has 0 aliphatic heterocycles. The van der Waals surface area contributed by atoms with Crippen LogP contribution in [0.1, 0.15) is 0 Å². The molecule has 7 nitrogen and oxygen atoms in total. The lowest BCUT2D eigenvalue weighted by Crippen LogP contribution is -2.12. The molecule has 0 saturated carbocycles. The van der Waals surface area contributed by atoms with E-state index in [0.29, 0.717) is 25.5 Å². The Bertz CT molecular complexity index is 981. The number of nitrogens with two attached hydrogens (primary N) is 1. The van der Waals surface area contributed by atoms with E-state index in [9.17, 15) is 8.42 Å². The van der Waals surface area contributed by atoms with Gasteiger partial charge in [0.05, 0.1) is 11.6 Å². The highest BCUT2D eigenvalue weighted by atomic mass is 79.9. The summed E-state index contributed by atoms with van der Waals surface area (Å²) in [4.78, 5) is 4.69. The van der Waals surface area contributed by atoms with E-state index in [4.69, 9.17) is 9.88 Å². The number of rotatable bonds is 3. The van der Waals surface area contributed by atoms with Gasteiger partial charge in [-0.05, 0) is 37.9 Å². The number of methoxy groups -OCH3 is 1. The van der Waals surface area contributed by atoms with Crippen molar-refractivity contribution in [1.29, 1.82) is 0 Å². The molecule has 2 heterocycles. The zero-order chi connectivity index (χ0) is 16.1. The molecule has 116 valence electrons. The predicted molar refractivity (Wildman–Crippen MR) is 89.6 cm³/mol. The van der Waals surface area contributed by atoms with Crippen molar-refractivity contribution in [1.82, 2.24) is 14.6 Å². The Hall–Kier alpha value is -1.01. The molecule has 0 fully saturated rings. The summed E-state index contributed by atoms with van der Waals surface area (Å²) in [5.41, 5.74) is 1.36. The van der Waals surface area contributed by atoms with Crippen LogP contribution in [-0.4, -0.2) is 30.1 Å². The lowest BCUT2D eigenvalue weighted by molar-refractivity contribution is 0.412. The second-order valence-corrected chi connectivity index (χ2v) is 8.42. The second-order valence-electron chi connectivity index (χ2n) is 4.18. The van der Waals surface area contributed by atoms with Gasteiger partial charge in [-0.3, -0.25) is 0 Å². The molecular weight excluding hydrogens is 460 g/mol. The van der Waals surface area contributed by atoms with E-state index in [1.54, 1.807) is 13.2 Å². The topological polar surface area (TPSA) is 99.6 Å². The van der Waals surface area contributed by atoms with E-state index in [0.717, 1.165) is 16.9 Å². The maximum atomic E-state index is 11.4. The molecule has 0 atom stereocenters. The van der Waals surface area contributed by atoms with Crippen molar-refractivity contribution >= 4 is 58.2 Å². The molecular formula is C11H8Br2N4O3S2. The standard InChI is InChI=1S/C11H8Br2N4O3S2/c1-20-6-4-2-3-5(7(6)12)8-9(13)15-10-17(8)16-11(21-10)22(14,18)19/h2-4H,1H3,(H2,14,18,19). The zero-order valence-corrected chi connectivity index (χ0v) is 15.8. The molecule has 22 heavy (non-hydrogen) atoms. The maximum Gasteiger partial charge on any atom is 0.267 e. The van der Waals surface area contributed by atoms with Crippen LogP contribution in [0.5, 0.6) is 5.75 Å². The molecule has 3 rings (SSSR count). The van der Waals surface area contributed by atoms with E-state index in [2.05, 4.69) is 41.9 Å². The number of halogens is 2. The number of sulfonamides is 1. The molecule has 0 aliphatic rings. The summed E-state index contributed by atoms with van der Waals surface area (Å²) < 4.78 is 30.7. The van der Waals surface area contributed by atoms with Crippen molar-refractivity contribution < 1.29 is 13.2 Å². The van der Waals surface area contributed by atoms with Gasteiger partial charge in [-0.1, -0.05) is 23.5 Å². The molecule has 0 saturated heterocycles. The summed E-state index contributed by atoms with van der Waals surface area (Å²) in [7, 11) is -2.31. The van der Waals surface area contributed by atoms with Crippen LogP contribution in [0.25, 0.3) is 16.2 Å². The lowest BCUT2D eigenvalue weighted by Gasteiger charge is -2.08. The minimum Gasteiger partial charge on any atom is -0.496 e. The van der Waals surface area contributed by atoms with Gasteiger partial charge in [0.2, 0.25) is 9.30 Å².